The van der Waals surface area contributed by atoms with Gasteiger partial charge in [0.05, 0.1) is 0 Å². The molecule has 0 unspecified atom stereocenters. The minimum atomic E-state index is -0.796. The third kappa shape index (κ3) is 6.57. The Bertz CT molecular complexity index is 864. The summed E-state index contributed by atoms with van der Waals surface area (Å²) in [5.41, 5.74) is 0.867. The monoisotopic (exact) mass is 356 g/mol. The van der Waals surface area contributed by atoms with Crippen molar-refractivity contribution in [2.75, 3.05) is 6.61 Å². The number of halogens is 2. The first-order valence-electron chi connectivity index (χ1n) is 7.54. The van der Waals surface area contributed by atoms with E-state index in [0.717, 1.165) is 23.8 Å². The van der Waals surface area contributed by atoms with Crippen molar-refractivity contribution in [3.63, 3.8) is 0 Å². The average molecular weight is 356 g/mol. The Morgan fingerprint density at radius 2 is 1.81 bits per heavy atom. The van der Waals surface area contributed by atoms with E-state index in [1.165, 1.54) is 6.07 Å². The summed E-state index contributed by atoms with van der Waals surface area (Å²) in [4.78, 5) is 22.9. The van der Waals surface area contributed by atoms with Gasteiger partial charge in [0.15, 0.2) is 6.61 Å². The molecule has 2 aromatic rings. The van der Waals surface area contributed by atoms with Gasteiger partial charge in [0, 0.05) is 23.6 Å². The Kier molecular flexibility index (Phi) is 7.07. The van der Waals surface area contributed by atoms with Crippen LogP contribution in [0.3, 0.4) is 0 Å². The number of rotatable bonds is 5. The topological polar surface area (TPSA) is 52.6 Å². The standard InChI is InChI=1S/C20H14F2O4/c21-17-10-8-16(18(22)13-17)9-11-20(24)25-12-4-7-19(23)26-14-15-5-2-1-3-6-15/h1-3,5-6,8-11,13H,12,14H2/b11-9+. The van der Waals surface area contributed by atoms with Crippen LogP contribution in [0.25, 0.3) is 6.08 Å². The first-order chi connectivity index (χ1) is 12.5. The molecule has 0 aromatic heterocycles. The molecule has 0 N–H and O–H groups in total. The van der Waals surface area contributed by atoms with Crippen LogP contribution in [0.2, 0.25) is 0 Å². The van der Waals surface area contributed by atoms with E-state index in [1.54, 1.807) is 12.1 Å². The van der Waals surface area contributed by atoms with Gasteiger partial charge >= 0.3 is 11.9 Å². The first kappa shape index (κ1) is 18.9. The summed E-state index contributed by atoms with van der Waals surface area (Å²) < 4.78 is 35.8. The molecule has 0 saturated heterocycles. The number of benzene rings is 2. The lowest BCUT2D eigenvalue weighted by Crippen LogP contribution is -2.03. The fourth-order valence-electron chi connectivity index (χ4n) is 1.82. The maximum absolute atomic E-state index is 13.4. The molecule has 0 fully saturated rings. The van der Waals surface area contributed by atoms with Crippen LogP contribution in [0.4, 0.5) is 8.78 Å². The normalized spacial score (nSPS) is 10.1. The largest absolute Gasteiger partial charge is 0.451 e. The van der Waals surface area contributed by atoms with Gasteiger partial charge in [0.25, 0.3) is 0 Å². The maximum atomic E-state index is 13.4. The van der Waals surface area contributed by atoms with Crippen molar-refractivity contribution in [3.8, 4) is 11.8 Å². The zero-order chi connectivity index (χ0) is 18.8. The molecule has 0 spiro atoms. The van der Waals surface area contributed by atoms with E-state index in [4.69, 9.17) is 9.47 Å². The molecule has 6 heteroatoms. The summed E-state index contributed by atoms with van der Waals surface area (Å²) in [5, 5.41) is 0. The number of ether oxygens (including phenoxy) is 2. The molecule has 2 aromatic carbocycles. The van der Waals surface area contributed by atoms with Gasteiger partial charge in [-0.1, -0.05) is 30.3 Å². The summed E-state index contributed by atoms with van der Waals surface area (Å²) in [7, 11) is 0. The zero-order valence-electron chi connectivity index (χ0n) is 13.6. The van der Waals surface area contributed by atoms with Crippen LogP contribution in [0.5, 0.6) is 0 Å². The highest BCUT2D eigenvalue weighted by Crippen LogP contribution is 2.11. The molecular formula is C20H14F2O4. The van der Waals surface area contributed by atoms with E-state index in [0.29, 0.717) is 6.07 Å². The molecular weight excluding hydrogens is 342 g/mol. The highest BCUT2D eigenvalue weighted by atomic mass is 19.1. The van der Waals surface area contributed by atoms with Crippen molar-refractivity contribution >= 4 is 18.0 Å². The maximum Gasteiger partial charge on any atom is 0.384 e. The van der Waals surface area contributed by atoms with Crippen LogP contribution in [0, 0.1) is 23.5 Å². The van der Waals surface area contributed by atoms with Crippen molar-refractivity contribution in [3.05, 3.63) is 77.4 Å². The summed E-state index contributed by atoms with van der Waals surface area (Å²) in [6.45, 7) is -0.227. The fourth-order valence-corrected chi connectivity index (χ4v) is 1.82. The molecule has 132 valence electrons. The molecule has 0 heterocycles. The molecule has 0 amide bonds. The van der Waals surface area contributed by atoms with Crippen LogP contribution in [0.15, 0.2) is 54.6 Å². The Labute approximate surface area is 149 Å². The van der Waals surface area contributed by atoms with Gasteiger partial charge < -0.3 is 9.47 Å². The summed E-state index contributed by atoms with van der Waals surface area (Å²) >= 11 is 0. The summed E-state index contributed by atoms with van der Waals surface area (Å²) in [6, 6.07) is 12.1. The minimum Gasteiger partial charge on any atom is -0.451 e. The van der Waals surface area contributed by atoms with Crippen molar-refractivity contribution in [2.45, 2.75) is 6.61 Å². The predicted molar refractivity (Wildman–Crippen MR) is 90.4 cm³/mol. The molecule has 0 aliphatic heterocycles. The summed E-state index contributed by atoms with van der Waals surface area (Å²) in [6.07, 6.45) is 2.13. The van der Waals surface area contributed by atoms with Gasteiger partial charge in [0.1, 0.15) is 18.2 Å². The second-order valence-electron chi connectivity index (χ2n) is 4.97. The number of carbonyl (C=O) groups excluding carboxylic acids is 2. The molecule has 26 heavy (non-hydrogen) atoms. The fraction of sp³-hybridized carbons (Fsp3) is 0.100. The van der Waals surface area contributed by atoms with Crippen molar-refractivity contribution < 1.29 is 27.8 Å². The Morgan fingerprint density at radius 1 is 1.04 bits per heavy atom. The Balaban J connectivity index is 1.73. The average Bonchev–Trinajstić information content (AvgIpc) is 2.63. The number of hydrogen-bond acceptors (Lipinski definition) is 4. The SMILES string of the molecule is O=C(C#CCOC(=O)/C=C/c1ccc(F)cc1F)OCc1ccccc1. The first-order valence-corrected chi connectivity index (χ1v) is 7.54. The highest BCUT2D eigenvalue weighted by Gasteiger charge is 2.02. The molecule has 0 aliphatic carbocycles. The van der Waals surface area contributed by atoms with Gasteiger partial charge in [-0.15, -0.1) is 0 Å². The van der Waals surface area contributed by atoms with Crippen molar-refractivity contribution in [2.24, 2.45) is 0 Å². The highest BCUT2D eigenvalue weighted by molar-refractivity contribution is 5.89. The quantitative estimate of drug-likeness (QED) is 0.357. The van der Waals surface area contributed by atoms with E-state index >= 15 is 0 Å². The van der Waals surface area contributed by atoms with Crippen molar-refractivity contribution in [1.29, 1.82) is 0 Å². The van der Waals surface area contributed by atoms with Gasteiger partial charge in [-0.3, -0.25) is 0 Å². The van der Waals surface area contributed by atoms with E-state index < -0.39 is 23.6 Å². The molecule has 0 aliphatic rings. The predicted octanol–water partition coefficient (Wildman–Crippen LogP) is 3.27. The number of carbonyl (C=O) groups is 2. The van der Waals surface area contributed by atoms with E-state index in [2.05, 4.69) is 11.8 Å². The van der Waals surface area contributed by atoms with Gasteiger partial charge in [-0.25, -0.2) is 18.4 Å². The van der Waals surface area contributed by atoms with Gasteiger partial charge in [0.2, 0.25) is 0 Å². The zero-order valence-corrected chi connectivity index (χ0v) is 13.6. The van der Waals surface area contributed by atoms with Crippen molar-refractivity contribution in [1.82, 2.24) is 0 Å². The lowest BCUT2D eigenvalue weighted by molar-refractivity contribution is -0.138. The molecule has 2 rings (SSSR count). The van der Waals surface area contributed by atoms with Crippen LogP contribution >= 0.6 is 0 Å². The smallest absolute Gasteiger partial charge is 0.384 e. The number of hydrogen-bond donors (Lipinski definition) is 0. The molecule has 0 bridgehead atoms. The second kappa shape index (κ2) is 9.74. The lowest BCUT2D eigenvalue weighted by Gasteiger charge is -2.00. The van der Waals surface area contributed by atoms with Crippen LogP contribution in [-0.2, 0) is 25.7 Å². The second-order valence-corrected chi connectivity index (χ2v) is 4.97. The number of esters is 2. The van der Waals surface area contributed by atoms with Gasteiger partial charge in [-0.2, -0.15) is 0 Å². The van der Waals surface area contributed by atoms with Gasteiger partial charge in [-0.05, 0) is 29.7 Å². The third-order valence-corrected chi connectivity index (χ3v) is 3.05. The van der Waals surface area contributed by atoms with Crippen LogP contribution < -0.4 is 0 Å². The molecule has 0 saturated carbocycles. The minimum absolute atomic E-state index is 0.0407. The molecule has 4 nitrogen and oxygen atoms in total. The molecule has 0 atom stereocenters. The van der Waals surface area contributed by atoms with E-state index in [9.17, 15) is 18.4 Å². The third-order valence-electron chi connectivity index (χ3n) is 3.05. The van der Waals surface area contributed by atoms with E-state index in [1.807, 2.05) is 18.2 Å². The Morgan fingerprint density at radius 3 is 2.54 bits per heavy atom. The summed E-state index contributed by atoms with van der Waals surface area (Å²) in [5.74, 6) is 1.50. The van der Waals surface area contributed by atoms with Crippen LogP contribution in [-0.4, -0.2) is 18.5 Å². The van der Waals surface area contributed by atoms with E-state index in [-0.39, 0.29) is 18.8 Å². The molecule has 0 radical (unpaired) electrons. The van der Waals surface area contributed by atoms with Crippen LogP contribution in [0.1, 0.15) is 11.1 Å². The lowest BCUT2D eigenvalue weighted by atomic mass is 10.2. The Hall–Kier alpha value is -3.46.